The summed E-state index contributed by atoms with van der Waals surface area (Å²) in [5.41, 5.74) is 1.52. The van der Waals surface area contributed by atoms with E-state index < -0.39 is 0 Å². The maximum atomic E-state index is 12.8. The molecule has 144 valence electrons. The van der Waals surface area contributed by atoms with Crippen LogP contribution in [0.2, 0.25) is 0 Å². The molecule has 0 aromatic carbocycles. The second-order valence-corrected chi connectivity index (χ2v) is 6.41. The Bertz CT molecular complexity index is 1060. The first-order chi connectivity index (χ1) is 13.7. The molecule has 0 saturated carbocycles. The number of aromatic nitrogens is 3. The number of amides is 1. The third-order valence-corrected chi connectivity index (χ3v) is 4.62. The molecule has 0 saturated heterocycles. The molecule has 0 bridgehead atoms. The fourth-order valence-corrected chi connectivity index (χ4v) is 3.22. The average Bonchev–Trinajstić information content (AvgIpc) is 3.47. The van der Waals surface area contributed by atoms with Gasteiger partial charge in [-0.25, -0.2) is 4.98 Å². The molecule has 4 aromatic heterocycles. The number of carbonyl (C=O) groups excluding carboxylic acids is 1. The number of nitrogens with zero attached hydrogens (tertiary/aromatic N) is 4. The number of furan rings is 1. The molecule has 0 fully saturated rings. The van der Waals surface area contributed by atoms with Gasteiger partial charge in [0.15, 0.2) is 17.2 Å². The lowest BCUT2D eigenvalue weighted by Crippen LogP contribution is -2.28. The minimum absolute atomic E-state index is 0.222. The molecular formula is C21H22N4O3. The van der Waals surface area contributed by atoms with Crippen molar-refractivity contribution in [1.29, 1.82) is 0 Å². The molecule has 0 aliphatic heterocycles. The Kier molecular flexibility index (Phi) is 4.89. The van der Waals surface area contributed by atoms with E-state index in [-0.39, 0.29) is 5.91 Å². The van der Waals surface area contributed by atoms with Crippen molar-refractivity contribution >= 4 is 17.4 Å². The van der Waals surface area contributed by atoms with Crippen LogP contribution in [0.1, 0.15) is 23.2 Å². The normalized spacial score (nSPS) is 11.1. The predicted molar refractivity (Wildman–Crippen MR) is 106 cm³/mol. The van der Waals surface area contributed by atoms with Crippen molar-refractivity contribution in [3.05, 3.63) is 72.7 Å². The van der Waals surface area contributed by atoms with Gasteiger partial charge in [0, 0.05) is 25.6 Å². The maximum absolute atomic E-state index is 12.8. The third-order valence-electron chi connectivity index (χ3n) is 4.62. The summed E-state index contributed by atoms with van der Waals surface area (Å²) in [6, 6.07) is 11.1. The highest BCUT2D eigenvalue weighted by Crippen LogP contribution is 2.28. The summed E-state index contributed by atoms with van der Waals surface area (Å²) in [6.45, 7) is 3.29. The van der Waals surface area contributed by atoms with Gasteiger partial charge < -0.3 is 13.7 Å². The highest BCUT2D eigenvalue weighted by molar-refractivity contribution is 6.03. The molecular weight excluding hydrogens is 356 g/mol. The van der Waals surface area contributed by atoms with Gasteiger partial charge in [0.05, 0.1) is 18.5 Å². The standard InChI is InChI=1S/C21H22N4O3/c1-3-16-20(23(2)21(26)18-9-7-14-27-18)25-12-6-8-17(19(25)22-16)28-15-13-24-10-4-5-11-24/h4-12,14H,3,13,15H2,1-2H3. The Balaban J connectivity index is 1.64. The van der Waals surface area contributed by atoms with Crippen LogP contribution in [0.5, 0.6) is 5.75 Å². The number of fused-ring (bicyclic) bond motifs is 1. The highest BCUT2D eigenvalue weighted by atomic mass is 16.5. The van der Waals surface area contributed by atoms with E-state index in [2.05, 4.69) is 4.57 Å². The topological polar surface area (TPSA) is 64.9 Å². The van der Waals surface area contributed by atoms with Gasteiger partial charge >= 0.3 is 0 Å². The van der Waals surface area contributed by atoms with Gasteiger partial charge in [-0.1, -0.05) is 6.92 Å². The van der Waals surface area contributed by atoms with Crippen LogP contribution in [0.4, 0.5) is 5.82 Å². The number of ether oxygens (including phenoxy) is 1. The Morgan fingerprint density at radius 3 is 2.71 bits per heavy atom. The third kappa shape index (κ3) is 3.26. The van der Waals surface area contributed by atoms with Crippen LogP contribution in [0.25, 0.3) is 5.65 Å². The van der Waals surface area contributed by atoms with Crippen molar-refractivity contribution in [2.75, 3.05) is 18.6 Å². The molecule has 4 rings (SSSR count). The van der Waals surface area contributed by atoms with Crippen molar-refractivity contribution in [1.82, 2.24) is 14.0 Å². The largest absolute Gasteiger partial charge is 0.488 e. The van der Waals surface area contributed by atoms with Crippen molar-refractivity contribution in [3.63, 3.8) is 0 Å². The SMILES string of the molecule is CCc1nc2c(OCCn3cccc3)cccn2c1N(C)C(=O)c1ccco1. The van der Waals surface area contributed by atoms with Gasteiger partial charge in [-0.2, -0.15) is 0 Å². The first-order valence-electron chi connectivity index (χ1n) is 9.24. The van der Waals surface area contributed by atoms with E-state index in [9.17, 15) is 4.79 Å². The summed E-state index contributed by atoms with van der Waals surface area (Å²) in [5, 5.41) is 0. The van der Waals surface area contributed by atoms with E-state index in [4.69, 9.17) is 14.1 Å². The lowest BCUT2D eigenvalue weighted by atomic mass is 10.3. The summed E-state index contributed by atoms with van der Waals surface area (Å²) in [4.78, 5) is 19.1. The number of rotatable bonds is 7. The van der Waals surface area contributed by atoms with Gasteiger partial charge in [0.25, 0.3) is 5.91 Å². The maximum Gasteiger partial charge on any atom is 0.294 e. The predicted octanol–water partition coefficient (Wildman–Crippen LogP) is 3.65. The van der Waals surface area contributed by atoms with E-state index in [1.165, 1.54) is 6.26 Å². The van der Waals surface area contributed by atoms with Gasteiger partial charge in [-0.3, -0.25) is 14.1 Å². The molecule has 0 aliphatic rings. The minimum atomic E-state index is -0.222. The Hall–Kier alpha value is -3.48. The van der Waals surface area contributed by atoms with E-state index in [0.717, 1.165) is 18.1 Å². The van der Waals surface area contributed by atoms with Crippen molar-refractivity contribution in [2.45, 2.75) is 19.9 Å². The zero-order valence-electron chi connectivity index (χ0n) is 15.9. The van der Waals surface area contributed by atoms with Crippen LogP contribution >= 0.6 is 0 Å². The van der Waals surface area contributed by atoms with Crippen molar-refractivity contribution in [3.8, 4) is 5.75 Å². The zero-order valence-corrected chi connectivity index (χ0v) is 15.9. The number of carbonyl (C=O) groups is 1. The second kappa shape index (κ2) is 7.64. The first kappa shape index (κ1) is 17.9. The molecule has 0 spiro atoms. The molecule has 4 heterocycles. The molecule has 0 N–H and O–H groups in total. The lowest BCUT2D eigenvalue weighted by Gasteiger charge is -2.17. The summed E-state index contributed by atoms with van der Waals surface area (Å²) in [6.07, 6.45) is 8.08. The van der Waals surface area contributed by atoms with Crippen LogP contribution in [0.15, 0.2) is 65.7 Å². The van der Waals surface area contributed by atoms with Crippen LogP contribution in [0.3, 0.4) is 0 Å². The van der Waals surface area contributed by atoms with Crippen LogP contribution in [0, 0.1) is 0 Å². The summed E-state index contributed by atoms with van der Waals surface area (Å²) >= 11 is 0. The van der Waals surface area contributed by atoms with Crippen molar-refractivity contribution < 1.29 is 13.9 Å². The molecule has 0 aliphatic carbocycles. The molecule has 0 atom stereocenters. The molecule has 1 amide bonds. The van der Waals surface area contributed by atoms with E-state index >= 15 is 0 Å². The van der Waals surface area contributed by atoms with E-state index in [1.54, 1.807) is 24.1 Å². The fourth-order valence-electron chi connectivity index (χ4n) is 3.22. The Morgan fingerprint density at radius 1 is 1.18 bits per heavy atom. The number of hydrogen-bond acceptors (Lipinski definition) is 4. The van der Waals surface area contributed by atoms with Gasteiger partial charge in [0.1, 0.15) is 12.4 Å². The monoisotopic (exact) mass is 378 g/mol. The molecule has 0 unspecified atom stereocenters. The van der Waals surface area contributed by atoms with Crippen LogP contribution < -0.4 is 9.64 Å². The van der Waals surface area contributed by atoms with Crippen LogP contribution in [-0.2, 0) is 13.0 Å². The second-order valence-electron chi connectivity index (χ2n) is 6.41. The summed E-state index contributed by atoms with van der Waals surface area (Å²) < 4.78 is 15.2. The van der Waals surface area contributed by atoms with E-state index in [0.29, 0.717) is 30.2 Å². The Morgan fingerprint density at radius 2 is 2.00 bits per heavy atom. The first-order valence-corrected chi connectivity index (χ1v) is 9.24. The molecule has 0 radical (unpaired) electrons. The highest BCUT2D eigenvalue weighted by Gasteiger charge is 2.23. The van der Waals surface area contributed by atoms with Gasteiger partial charge in [-0.05, 0) is 42.8 Å². The fraction of sp³-hybridized carbons (Fsp3) is 0.238. The molecule has 7 heteroatoms. The quantitative estimate of drug-likeness (QED) is 0.492. The number of aryl methyl sites for hydroxylation is 1. The Labute approximate surface area is 162 Å². The molecule has 7 nitrogen and oxygen atoms in total. The van der Waals surface area contributed by atoms with Crippen LogP contribution in [-0.4, -0.2) is 33.5 Å². The zero-order chi connectivity index (χ0) is 19.5. The van der Waals surface area contributed by atoms with Gasteiger partial charge in [-0.15, -0.1) is 0 Å². The van der Waals surface area contributed by atoms with Gasteiger partial charge in [0.2, 0.25) is 0 Å². The number of pyridine rings is 1. The van der Waals surface area contributed by atoms with Crippen molar-refractivity contribution in [2.24, 2.45) is 0 Å². The number of anilines is 1. The smallest absolute Gasteiger partial charge is 0.294 e. The van der Waals surface area contributed by atoms with E-state index in [1.807, 2.05) is 54.2 Å². The molecule has 28 heavy (non-hydrogen) atoms. The molecule has 4 aromatic rings. The average molecular weight is 378 g/mol. The summed E-state index contributed by atoms with van der Waals surface area (Å²) in [5.74, 6) is 1.48. The number of imidazole rings is 1. The summed E-state index contributed by atoms with van der Waals surface area (Å²) in [7, 11) is 1.73. The minimum Gasteiger partial charge on any atom is -0.488 e. The lowest BCUT2D eigenvalue weighted by molar-refractivity contribution is 0.0965. The number of hydrogen-bond donors (Lipinski definition) is 0.